The van der Waals surface area contributed by atoms with Crippen molar-refractivity contribution >= 4 is 5.71 Å². The number of hydrogen-bond donors (Lipinski definition) is 2. The second-order valence-electron chi connectivity index (χ2n) is 3.48. The molecule has 0 heterocycles. The van der Waals surface area contributed by atoms with E-state index in [2.05, 4.69) is 4.99 Å². The van der Waals surface area contributed by atoms with Crippen LogP contribution in [0.15, 0.2) is 35.3 Å². The van der Waals surface area contributed by atoms with Crippen molar-refractivity contribution < 1.29 is 5.11 Å². The Hall–Kier alpha value is -1.19. The maximum Gasteiger partial charge on any atom is 0.141 e. The van der Waals surface area contributed by atoms with Crippen molar-refractivity contribution in [2.24, 2.45) is 10.7 Å². The molecule has 0 aliphatic carbocycles. The Morgan fingerprint density at radius 3 is 2.60 bits per heavy atom. The molecule has 3 heteroatoms. The van der Waals surface area contributed by atoms with Crippen molar-refractivity contribution in [1.29, 1.82) is 0 Å². The van der Waals surface area contributed by atoms with Gasteiger partial charge in [0.1, 0.15) is 6.23 Å². The van der Waals surface area contributed by atoms with Gasteiger partial charge in [-0.15, -0.1) is 0 Å². The van der Waals surface area contributed by atoms with Gasteiger partial charge in [0.05, 0.1) is 5.71 Å². The van der Waals surface area contributed by atoms with E-state index < -0.39 is 6.23 Å². The molecule has 0 spiro atoms. The largest absolute Gasteiger partial charge is 0.373 e. The Morgan fingerprint density at radius 1 is 1.40 bits per heavy atom. The minimum atomic E-state index is -0.947. The van der Waals surface area contributed by atoms with Gasteiger partial charge in [0.15, 0.2) is 0 Å². The minimum Gasteiger partial charge on any atom is -0.373 e. The van der Waals surface area contributed by atoms with Gasteiger partial charge >= 0.3 is 0 Å². The second-order valence-corrected chi connectivity index (χ2v) is 3.48. The molecule has 1 unspecified atom stereocenters. The lowest BCUT2D eigenvalue weighted by Crippen LogP contribution is -2.31. The highest BCUT2D eigenvalue weighted by Crippen LogP contribution is 2.02. The van der Waals surface area contributed by atoms with Crippen LogP contribution in [0.3, 0.4) is 0 Å². The molecule has 0 radical (unpaired) electrons. The summed E-state index contributed by atoms with van der Waals surface area (Å²) in [5.74, 6) is 0. The van der Waals surface area contributed by atoms with Gasteiger partial charge in [-0.1, -0.05) is 37.3 Å². The van der Waals surface area contributed by atoms with Crippen LogP contribution in [0.5, 0.6) is 0 Å². The Labute approximate surface area is 90.7 Å². The van der Waals surface area contributed by atoms with E-state index in [1.165, 1.54) is 0 Å². The summed E-state index contributed by atoms with van der Waals surface area (Å²) in [4.78, 5) is 4.28. The number of nitrogens with zero attached hydrogens (tertiary/aromatic N) is 1. The topological polar surface area (TPSA) is 58.6 Å². The molecule has 0 amide bonds. The predicted molar refractivity (Wildman–Crippen MR) is 62.9 cm³/mol. The van der Waals surface area contributed by atoms with Crippen molar-refractivity contribution in [2.45, 2.75) is 26.0 Å². The van der Waals surface area contributed by atoms with Crippen LogP contribution in [0.25, 0.3) is 0 Å². The summed E-state index contributed by atoms with van der Waals surface area (Å²) in [6, 6.07) is 9.91. The van der Waals surface area contributed by atoms with Crippen molar-refractivity contribution in [3.8, 4) is 0 Å². The fourth-order valence-electron chi connectivity index (χ4n) is 1.31. The average Bonchev–Trinajstić information content (AvgIpc) is 2.25. The highest BCUT2D eigenvalue weighted by atomic mass is 16.3. The molecule has 1 atom stereocenters. The maximum absolute atomic E-state index is 9.35. The first kappa shape index (κ1) is 11.9. The van der Waals surface area contributed by atoms with Crippen molar-refractivity contribution in [3.05, 3.63) is 35.9 Å². The zero-order valence-electron chi connectivity index (χ0n) is 9.06. The van der Waals surface area contributed by atoms with Gasteiger partial charge in [-0.25, -0.2) is 0 Å². The van der Waals surface area contributed by atoms with Gasteiger partial charge in [0.2, 0.25) is 0 Å². The van der Waals surface area contributed by atoms with Gasteiger partial charge in [0, 0.05) is 13.0 Å². The van der Waals surface area contributed by atoms with E-state index in [9.17, 15) is 5.11 Å². The predicted octanol–water partition coefficient (Wildman–Crippen LogP) is 1.36. The zero-order valence-corrected chi connectivity index (χ0v) is 9.06. The highest BCUT2D eigenvalue weighted by molar-refractivity contribution is 5.89. The molecule has 0 saturated heterocycles. The van der Waals surface area contributed by atoms with Crippen LogP contribution >= 0.6 is 0 Å². The van der Waals surface area contributed by atoms with E-state index in [0.29, 0.717) is 12.1 Å². The number of rotatable bonds is 5. The molecule has 0 fully saturated rings. The van der Waals surface area contributed by atoms with Gasteiger partial charge < -0.3 is 10.8 Å². The maximum atomic E-state index is 9.35. The van der Waals surface area contributed by atoms with E-state index in [1.54, 1.807) is 0 Å². The van der Waals surface area contributed by atoms with Crippen LogP contribution in [0, 0.1) is 0 Å². The van der Waals surface area contributed by atoms with Crippen LogP contribution in [0.2, 0.25) is 0 Å². The van der Waals surface area contributed by atoms with Crippen molar-refractivity contribution in [2.75, 3.05) is 6.54 Å². The molecule has 1 aromatic carbocycles. The lowest BCUT2D eigenvalue weighted by Gasteiger charge is -2.09. The molecule has 0 saturated carbocycles. The summed E-state index contributed by atoms with van der Waals surface area (Å²) in [5.41, 5.74) is 7.23. The van der Waals surface area contributed by atoms with Gasteiger partial charge in [-0.3, -0.25) is 4.99 Å². The third kappa shape index (κ3) is 4.23. The standard InChI is InChI=1S/C12H18N2O/c1-2-8-14-11(12(13)15)9-10-6-4-3-5-7-10/h3-7,12,15H,2,8-9,13H2,1H3. The Morgan fingerprint density at radius 2 is 2.07 bits per heavy atom. The Bertz CT molecular complexity index is 307. The van der Waals surface area contributed by atoms with Crippen LogP contribution in [0.1, 0.15) is 18.9 Å². The average molecular weight is 206 g/mol. The first-order valence-electron chi connectivity index (χ1n) is 5.24. The van der Waals surface area contributed by atoms with E-state index in [1.807, 2.05) is 37.3 Å². The summed E-state index contributed by atoms with van der Waals surface area (Å²) in [6.07, 6.45) is 0.639. The summed E-state index contributed by atoms with van der Waals surface area (Å²) >= 11 is 0. The summed E-state index contributed by atoms with van der Waals surface area (Å²) in [6.45, 7) is 2.77. The smallest absolute Gasteiger partial charge is 0.141 e. The van der Waals surface area contributed by atoms with Crippen molar-refractivity contribution in [3.63, 3.8) is 0 Å². The summed E-state index contributed by atoms with van der Waals surface area (Å²) in [7, 11) is 0. The number of aliphatic hydroxyl groups is 1. The monoisotopic (exact) mass is 206 g/mol. The number of aliphatic imine (C=N–C) groups is 1. The van der Waals surface area contributed by atoms with E-state index in [-0.39, 0.29) is 0 Å². The highest BCUT2D eigenvalue weighted by Gasteiger charge is 2.07. The summed E-state index contributed by atoms with van der Waals surface area (Å²) in [5, 5.41) is 9.35. The number of aliphatic hydroxyl groups excluding tert-OH is 1. The Kier molecular flexibility index (Phi) is 5.01. The van der Waals surface area contributed by atoms with Gasteiger partial charge in [-0.2, -0.15) is 0 Å². The molecule has 0 aromatic heterocycles. The second kappa shape index (κ2) is 6.32. The van der Waals surface area contributed by atoms with Gasteiger partial charge in [0.25, 0.3) is 0 Å². The first-order valence-corrected chi connectivity index (χ1v) is 5.24. The zero-order chi connectivity index (χ0) is 11.1. The molecule has 15 heavy (non-hydrogen) atoms. The van der Waals surface area contributed by atoms with Crippen LogP contribution < -0.4 is 5.73 Å². The molecule has 1 aromatic rings. The molecule has 0 aliphatic rings. The van der Waals surface area contributed by atoms with E-state index in [0.717, 1.165) is 18.5 Å². The number of nitrogens with two attached hydrogens (primary N) is 1. The third-order valence-electron chi connectivity index (χ3n) is 2.11. The fraction of sp³-hybridized carbons (Fsp3) is 0.417. The van der Waals surface area contributed by atoms with E-state index in [4.69, 9.17) is 5.73 Å². The SMILES string of the molecule is CCCN=C(Cc1ccccc1)C(N)O. The van der Waals surface area contributed by atoms with E-state index >= 15 is 0 Å². The fourth-order valence-corrected chi connectivity index (χ4v) is 1.31. The van der Waals surface area contributed by atoms with Crippen LogP contribution in [-0.4, -0.2) is 23.6 Å². The lowest BCUT2D eigenvalue weighted by atomic mass is 10.1. The van der Waals surface area contributed by atoms with Gasteiger partial charge in [-0.05, 0) is 12.0 Å². The molecular formula is C12H18N2O. The molecule has 82 valence electrons. The molecule has 0 bridgehead atoms. The molecule has 0 aliphatic heterocycles. The molecule has 3 N–H and O–H groups in total. The van der Waals surface area contributed by atoms with Crippen molar-refractivity contribution in [1.82, 2.24) is 0 Å². The number of hydrogen-bond acceptors (Lipinski definition) is 3. The quantitative estimate of drug-likeness (QED) is 0.564. The van der Waals surface area contributed by atoms with Crippen LogP contribution in [0.4, 0.5) is 0 Å². The third-order valence-corrected chi connectivity index (χ3v) is 2.11. The molecular weight excluding hydrogens is 188 g/mol. The first-order chi connectivity index (χ1) is 7.24. The minimum absolute atomic E-state index is 0.624. The number of benzene rings is 1. The Balaban J connectivity index is 2.67. The summed E-state index contributed by atoms with van der Waals surface area (Å²) < 4.78 is 0. The molecule has 3 nitrogen and oxygen atoms in total. The lowest BCUT2D eigenvalue weighted by molar-refractivity contribution is 0.247. The van der Waals surface area contributed by atoms with Crippen LogP contribution in [-0.2, 0) is 6.42 Å². The molecule has 1 rings (SSSR count). The normalized spacial score (nSPS) is 13.9.